The molecule has 1 N–H and O–H groups in total. The Morgan fingerprint density at radius 3 is 2.66 bits per heavy atom. The molecule has 1 aromatic heterocycles. The molecule has 0 aliphatic carbocycles. The minimum atomic E-state index is -0.0466. The van der Waals surface area contributed by atoms with Crippen molar-refractivity contribution in [2.45, 2.75) is 37.6 Å². The number of nitrogens with one attached hydrogen (secondary N) is 1. The van der Waals surface area contributed by atoms with Crippen LogP contribution in [0.2, 0.25) is 0 Å². The van der Waals surface area contributed by atoms with E-state index in [2.05, 4.69) is 60.4 Å². The minimum absolute atomic E-state index is 0.0466. The van der Waals surface area contributed by atoms with Crippen LogP contribution in [0.15, 0.2) is 66.1 Å². The second kappa shape index (κ2) is 9.60. The molecule has 6 nitrogen and oxygen atoms in total. The van der Waals surface area contributed by atoms with Crippen molar-refractivity contribution in [2.24, 2.45) is 0 Å². The molecule has 0 aliphatic rings. The molecule has 3 aromatic rings. The average molecular weight is 411 g/mol. The predicted molar refractivity (Wildman–Crippen MR) is 116 cm³/mol. The van der Waals surface area contributed by atoms with Crippen molar-refractivity contribution in [3.63, 3.8) is 0 Å². The summed E-state index contributed by atoms with van der Waals surface area (Å²) in [5.41, 5.74) is 2.13. The van der Waals surface area contributed by atoms with Gasteiger partial charge in [0.05, 0.1) is 12.3 Å². The zero-order chi connectivity index (χ0) is 20.7. The number of benzene rings is 2. The highest BCUT2D eigenvalue weighted by molar-refractivity contribution is 8.00. The number of aromatic nitrogens is 3. The summed E-state index contributed by atoms with van der Waals surface area (Å²) < 4.78 is 7.43. The van der Waals surface area contributed by atoms with E-state index >= 15 is 0 Å². The van der Waals surface area contributed by atoms with Crippen LogP contribution in [0, 0.1) is 0 Å². The molecular weight excluding hydrogens is 384 g/mol. The standard InChI is InChI=1S/C22H26N4O2S/c1-22(2,3)17-7-9-20(10-8-17)29-14-21(27)25-18-5-4-6-19(13-18)28-12-11-26-16-23-15-24-26/h4-10,13,15-16H,11-12,14H2,1-3H3,(H,25,27). The lowest BCUT2D eigenvalue weighted by molar-refractivity contribution is -0.113. The van der Waals surface area contributed by atoms with Crippen LogP contribution in [-0.4, -0.2) is 33.0 Å². The first kappa shape index (κ1) is 20.9. The number of carbonyl (C=O) groups excluding carboxylic acids is 1. The van der Waals surface area contributed by atoms with Crippen LogP contribution in [0.3, 0.4) is 0 Å². The number of anilines is 1. The third-order valence-corrected chi connectivity index (χ3v) is 5.28. The first-order chi connectivity index (χ1) is 13.9. The zero-order valence-corrected chi connectivity index (χ0v) is 17.8. The Labute approximate surface area is 175 Å². The largest absolute Gasteiger partial charge is 0.492 e. The molecule has 0 aliphatic heterocycles. The maximum Gasteiger partial charge on any atom is 0.234 e. The Bertz CT molecular complexity index is 919. The third-order valence-electron chi connectivity index (χ3n) is 4.26. The highest BCUT2D eigenvalue weighted by Gasteiger charge is 2.13. The molecule has 0 bridgehead atoms. The van der Waals surface area contributed by atoms with Crippen LogP contribution < -0.4 is 10.1 Å². The van der Waals surface area contributed by atoms with Gasteiger partial charge in [-0.3, -0.25) is 4.79 Å². The highest BCUT2D eigenvalue weighted by atomic mass is 32.2. The Morgan fingerprint density at radius 2 is 1.97 bits per heavy atom. The van der Waals surface area contributed by atoms with Crippen LogP contribution >= 0.6 is 11.8 Å². The van der Waals surface area contributed by atoms with E-state index in [1.165, 1.54) is 23.7 Å². The number of rotatable bonds is 8. The molecule has 2 aromatic carbocycles. The van der Waals surface area contributed by atoms with Gasteiger partial charge in [-0.05, 0) is 35.2 Å². The van der Waals surface area contributed by atoms with Gasteiger partial charge in [0.25, 0.3) is 0 Å². The number of thioether (sulfide) groups is 1. The molecule has 3 rings (SSSR count). The Morgan fingerprint density at radius 1 is 1.17 bits per heavy atom. The second-order valence-corrected chi connectivity index (χ2v) is 8.69. The number of nitrogens with zero attached hydrogens (tertiary/aromatic N) is 3. The lowest BCUT2D eigenvalue weighted by atomic mass is 9.87. The van der Waals surface area contributed by atoms with Gasteiger partial charge in [-0.2, -0.15) is 5.10 Å². The number of hydrogen-bond donors (Lipinski definition) is 1. The smallest absolute Gasteiger partial charge is 0.234 e. The fraction of sp³-hybridized carbons (Fsp3) is 0.318. The summed E-state index contributed by atoms with van der Waals surface area (Å²) in [5.74, 6) is 1.01. The van der Waals surface area contributed by atoms with E-state index in [4.69, 9.17) is 4.74 Å². The van der Waals surface area contributed by atoms with E-state index < -0.39 is 0 Å². The summed E-state index contributed by atoms with van der Waals surface area (Å²) in [6, 6.07) is 15.8. The maximum atomic E-state index is 12.3. The predicted octanol–water partition coefficient (Wildman–Crippen LogP) is 4.39. The van der Waals surface area contributed by atoms with E-state index in [-0.39, 0.29) is 11.3 Å². The molecule has 152 valence electrons. The van der Waals surface area contributed by atoms with Gasteiger partial charge in [0.2, 0.25) is 5.91 Å². The van der Waals surface area contributed by atoms with Gasteiger partial charge in [0, 0.05) is 16.6 Å². The first-order valence-electron chi connectivity index (χ1n) is 9.49. The molecule has 0 unspecified atom stereocenters. The van der Waals surface area contributed by atoms with Crippen molar-refractivity contribution in [2.75, 3.05) is 17.7 Å². The van der Waals surface area contributed by atoms with Crippen molar-refractivity contribution in [1.82, 2.24) is 14.8 Å². The molecule has 0 fully saturated rings. The molecular formula is C22H26N4O2S. The lowest BCUT2D eigenvalue weighted by Crippen LogP contribution is -2.14. The van der Waals surface area contributed by atoms with Gasteiger partial charge >= 0.3 is 0 Å². The first-order valence-corrected chi connectivity index (χ1v) is 10.5. The summed E-state index contributed by atoms with van der Waals surface area (Å²) in [7, 11) is 0. The summed E-state index contributed by atoms with van der Waals surface area (Å²) in [4.78, 5) is 17.3. The van der Waals surface area contributed by atoms with Crippen molar-refractivity contribution in [1.29, 1.82) is 0 Å². The Balaban J connectivity index is 1.46. The molecule has 0 spiro atoms. The van der Waals surface area contributed by atoms with Crippen molar-refractivity contribution in [3.8, 4) is 5.75 Å². The van der Waals surface area contributed by atoms with E-state index in [1.807, 2.05) is 24.3 Å². The Hall–Kier alpha value is -2.80. The maximum absolute atomic E-state index is 12.3. The van der Waals surface area contributed by atoms with E-state index in [0.29, 0.717) is 24.7 Å². The highest BCUT2D eigenvalue weighted by Crippen LogP contribution is 2.26. The number of carbonyl (C=O) groups is 1. The molecule has 1 amide bonds. The van der Waals surface area contributed by atoms with Gasteiger partial charge in [-0.25, -0.2) is 9.67 Å². The topological polar surface area (TPSA) is 69.0 Å². The van der Waals surface area contributed by atoms with Gasteiger partial charge in [0.1, 0.15) is 25.0 Å². The summed E-state index contributed by atoms with van der Waals surface area (Å²) in [6.07, 6.45) is 3.14. The minimum Gasteiger partial charge on any atom is -0.492 e. The number of hydrogen-bond acceptors (Lipinski definition) is 5. The van der Waals surface area contributed by atoms with Crippen LogP contribution in [-0.2, 0) is 16.8 Å². The van der Waals surface area contributed by atoms with Gasteiger partial charge < -0.3 is 10.1 Å². The van der Waals surface area contributed by atoms with Crippen LogP contribution in [0.4, 0.5) is 5.69 Å². The van der Waals surface area contributed by atoms with Crippen molar-refractivity contribution < 1.29 is 9.53 Å². The van der Waals surface area contributed by atoms with Crippen LogP contribution in [0.1, 0.15) is 26.3 Å². The van der Waals surface area contributed by atoms with Crippen molar-refractivity contribution >= 4 is 23.4 Å². The quantitative estimate of drug-likeness (QED) is 0.558. The fourth-order valence-electron chi connectivity index (χ4n) is 2.67. The molecule has 7 heteroatoms. The molecule has 0 saturated heterocycles. The molecule has 1 heterocycles. The monoisotopic (exact) mass is 410 g/mol. The fourth-order valence-corrected chi connectivity index (χ4v) is 3.36. The second-order valence-electron chi connectivity index (χ2n) is 7.65. The van der Waals surface area contributed by atoms with E-state index in [9.17, 15) is 4.79 Å². The summed E-state index contributed by atoms with van der Waals surface area (Å²) >= 11 is 1.52. The van der Waals surface area contributed by atoms with Crippen molar-refractivity contribution in [3.05, 3.63) is 66.7 Å². The van der Waals surface area contributed by atoms with E-state index in [0.717, 1.165) is 10.6 Å². The zero-order valence-electron chi connectivity index (χ0n) is 17.0. The molecule has 0 atom stereocenters. The van der Waals surface area contributed by atoms with E-state index in [1.54, 1.807) is 11.0 Å². The molecule has 0 radical (unpaired) electrons. The Kier molecular flexibility index (Phi) is 6.93. The molecule has 29 heavy (non-hydrogen) atoms. The summed E-state index contributed by atoms with van der Waals surface area (Å²) in [5, 5.41) is 6.96. The van der Waals surface area contributed by atoms with Gasteiger partial charge in [-0.1, -0.05) is 39.0 Å². The molecule has 0 saturated carbocycles. The van der Waals surface area contributed by atoms with Crippen LogP contribution in [0.5, 0.6) is 5.75 Å². The third kappa shape index (κ3) is 6.64. The van der Waals surface area contributed by atoms with Gasteiger partial charge in [0.15, 0.2) is 0 Å². The normalized spacial score (nSPS) is 11.3. The summed E-state index contributed by atoms with van der Waals surface area (Å²) in [6.45, 7) is 7.65. The lowest BCUT2D eigenvalue weighted by Gasteiger charge is -2.19. The van der Waals surface area contributed by atoms with Crippen LogP contribution in [0.25, 0.3) is 0 Å². The van der Waals surface area contributed by atoms with Gasteiger partial charge in [-0.15, -0.1) is 11.8 Å². The SMILES string of the molecule is CC(C)(C)c1ccc(SCC(=O)Nc2cccc(OCCn3cncn3)c2)cc1. The number of amides is 1. The average Bonchev–Trinajstić information content (AvgIpc) is 3.20. The number of ether oxygens (including phenoxy) is 1.